The van der Waals surface area contributed by atoms with Gasteiger partial charge in [0.1, 0.15) is 5.82 Å². The van der Waals surface area contributed by atoms with Crippen LogP contribution in [0.4, 0.5) is 10.9 Å². The maximum Gasteiger partial charge on any atom is 0.189 e. The molecule has 0 fully saturated rings. The highest BCUT2D eigenvalue weighted by Crippen LogP contribution is 2.31. The number of nitrogens with zero attached hydrogens (tertiary/aromatic N) is 2. The number of rotatable bonds is 8. The molecule has 0 amide bonds. The molecule has 0 radical (unpaired) electrons. The molecule has 4 heteroatoms. The zero-order valence-corrected chi connectivity index (χ0v) is 16.7. The zero-order valence-electron chi connectivity index (χ0n) is 15.9. The number of thiazole rings is 1. The Bertz CT molecular complexity index is 982. The third-order valence-corrected chi connectivity index (χ3v) is 5.18. The number of pyridine rings is 1. The largest absolute Gasteiger partial charge is 0.316 e. The number of aromatic nitrogens is 2. The van der Waals surface area contributed by atoms with Gasteiger partial charge in [-0.05, 0) is 60.7 Å². The van der Waals surface area contributed by atoms with E-state index in [9.17, 15) is 0 Å². The number of anilines is 2. The first-order valence-electron chi connectivity index (χ1n) is 9.31. The Balaban J connectivity index is 1.85. The molecular weight excluding hydrogens is 350 g/mol. The summed E-state index contributed by atoms with van der Waals surface area (Å²) in [5, 5.41) is 4.22. The third-order valence-electron chi connectivity index (χ3n) is 4.24. The van der Waals surface area contributed by atoms with Gasteiger partial charge in [-0.1, -0.05) is 61.6 Å². The van der Waals surface area contributed by atoms with Crippen molar-refractivity contribution >= 4 is 38.1 Å². The monoisotopic (exact) mass is 375 g/mol. The number of allylic oxidation sites excluding steroid dienone is 5. The fraction of sp³-hybridized carbons (Fsp3) is 0.217. The van der Waals surface area contributed by atoms with Gasteiger partial charge in [0.25, 0.3) is 0 Å². The maximum atomic E-state index is 4.70. The van der Waals surface area contributed by atoms with Crippen LogP contribution in [-0.2, 0) is 6.42 Å². The second kappa shape index (κ2) is 9.28. The van der Waals surface area contributed by atoms with Gasteiger partial charge in [-0.15, -0.1) is 0 Å². The van der Waals surface area contributed by atoms with Gasteiger partial charge in [0.05, 0.1) is 10.2 Å². The fourth-order valence-electron chi connectivity index (χ4n) is 2.90. The van der Waals surface area contributed by atoms with Crippen molar-refractivity contribution in [2.24, 2.45) is 0 Å². The summed E-state index contributed by atoms with van der Waals surface area (Å²) in [5.74, 6) is 0.851. The molecule has 0 unspecified atom stereocenters. The summed E-state index contributed by atoms with van der Waals surface area (Å²) >= 11 is 1.64. The molecular formula is C23H25N3S. The summed E-state index contributed by atoms with van der Waals surface area (Å²) in [6.45, 7) is 8.04. The second-order valence-electron chi connectivity index (χ2n) is 6.34. The van der Waals surface area contributed by atoms with Crippen LogP contribution in [0.2, 0.25) is 0 Å². The van der Waals surface area contributed by atoms with Crippen molar-refractivity contribution in [3.8, 4) is 0 Å². The van der Waals surface area contributed by atoms with Gasteiger partial charge in [0.15, 0.2) is 5.13 Å². The summed E-state index contributed by atoms with van der Waals surface area (Å²) < 4.78 is 1.15. The molecule has 3 aromatic rings. The molecule has 0 atom stereocenters. The Morgan fingerprint density at radius 1 is 1.26 bits per heavy atom. The van der Waals surface area contributed by atoms with Crippen molar-refractivity contribution < 1.29 is 0 Å². The first kappa shape index (κ1) is 19.1. The summed E-state index contributed by atoms with van der Waals surface area (Å²) in [4.78, 5) is 9.14. The lowest BCUT2D eigenvalue weighted by Gasteiger charge is -2.04. The molecule has 0 aliphatic carbocycles. The van der Waals surface area contributed by atoms with Crippen molar-refractivity contribution in [1.82, 2.24) is 9.97 Å². The number of aryl methyl sites for hydroxylation is 1. The molecule has 138 valence electrons. The molecule has 0 saturated heterocycles. The molecule has 2 heterocycles. The van der Waals surface area contributed by atoms with E-state index >= 15 is 0 Å². The molecule has 3 rings (SSSR count). The van der Waals surface area contributed by atoms with E-state index in [0.717, 1.165) is 38.7 Å². The van der Waals surface area contributed by atoms with Crippen LogP contribution < -0.4 is 5.32 Å². The summed E-state index contributed by atoms with van der Waals surface area (Å²) in [6, 6.07) is 10.5. The minimum Gasteiger partial charge on any atom is -0.316 e. The van der Waals surface area contributed by atoms with Crippen LogP contribution in [0.1, 0.15) is 37.8 Å². The highest BCUT2D eigenvalue weighted by Gasteiger charge is 2.07. The Kier molecular flexibility index (Phi) is 6.55. The van der Waals surface area contributed by atoms with Crippen molar-refractivity contribution in [2.45, 2.75) is 33.1 Å². The molecule has 0 saturated carbocycles. The van der Waals surface area contributed by atoms with Crippen molar-refractivity contribution in [3.05, 3.63) is 78.5 Å². The maximum absolute atomic E-state index is 4.70. The highest BCUT2D eigenvalue weighted by atomic mass is 32.1. The topological polar surface area (TPSA) is 37.8 Å². The molecule has 2 aromatic heterocycles. The minimum atomic E-state index is 0.851. The Morgan fingerprint density at radius 2 is 2.15 bits per heavy atom. The minimum absolute atomic E-state index is 0.851. The van der Waals surface area contributed by atoms with Crippen LogP contribution in [0.15, 0.2) is 67.4 Å². The lowest BCUT2D eigenvalue weighted by atomic mass is 10.0. The van der Waals surface area contributed by atoms with E-state index in [4.69, 9.17) is 4.98 Å². The van der Waals surface area contributed by atoms with Gasteiger partial charge in [-0.2, -0.15) is 0 Å². The average molecular weight is 376 g/mol. The molecule has 0 aliphatic heterocycles. The van der Waals surface area contributed by atoms with E-state index in [1.165, 1.54) is 18.4 Å². The normalized spacial score (nSPS) is 12.0. The van der Waals surface area contributed by atoms with Gasteiger partial charge >= 0.3 is 0 Å². The molecule has 3 nitrogen and oxygen atoms in total. The SMILES string of the molecule is C=C/C=C(\C=C/C)c1ccc2nc(Nc3cc(CCCC)ccn3)sc2c1. The Hall–Kier alpha value is -2.72. The standard InChI is InChI=1S/C23H25N3S/c1-4-7-10-17-13-14-24-22(15-17)26-23-25-20-12-11-19(16-21(20)27-23)18(8-5-2)9-6-3/h5-6,8-9,11-16H,2,4,7,10H2,1,3H3,(H,24,25,26)/b9-6-,18-8+. The number of nitrogens with one attached hydrogen (secondary N) is 1. The first-order chi connectivity index (χ1) is 13.2. The lowest BCUT2D eigenvalue weighted by Crippen LogP contribution is -1.94. The molecule has 0 spiro atoms. The second-order valence-corrected chi connectivity index (χ2v) is 7.37. The Morgan fingerprint density at radius 3 is 2.93 bits per heavy atom. The van der Waals surface area contributed by atoms with Crippen LogP contribution >= 0.6 is 11.3 Å². The summed E-state index contributed by atoms with van der Waals surface area (Å²) in [6.07, 6.45) is 13.3. The Labute approximate surface area is 165 Å². The molecule has 1 N–H and O–H groups in total. The third kappa shape index (κ3) is 4.92. The molecule has 0 aliphatic rings. The van der Waals surface area contributed by atoms with E-state index in [2.05, 4.69) is 60.2 Å². The van der Waals surface area contributed by atoms with E-state index < -0.39 is 0 Å². The number of benzene rings is 1. The van der Waals surface area contributed by atoms with Crippen molar-refractivity contribution in [3.63, 3.8) is 0 Å². The van der Waals surface area contributed by atoms with E-state index in [1.54, 1.807) is 11.3 Å². The van der Waals surface area contributed by atoms with Gasteiger partial charge in [-0.25, -0.2) is 9.97 Å². The molecule has 1 aromatic carbocycles. The van der Waals surface area contributed by atoms with Gasteiger partial charge in [-0.3, -0.25) is 0 Å². The number of fused-ring (bicyclic) bond motifs is 1. The van der Waals surface area contributed by atoms with Crippen molar-refractivity contribution in [2.75, 3.05) is 5.32 Å². The number of hydrogen-bond donors (Lipinski definition) is 1. The smallest absolute Gasteiger partial charge is 0.189 e. The summed E-state index contributed by atoms with van der Waals surface area (Å²) in [5.41, 5.74) is 4.60. The average Bonchev–Trinajstić information content (AvgIpc) is 3.08. The molecule has 0 bridgehead atoms. The van der Waals surface area contributed by atoms with Gasteiger partial charge in [0.2, 0.25) is 0 Å². The molecule has 27 heavy (non-hydrogen) atoms. The quantitative estimate of drug-likeness (QED) is 0.434. The van der Waals surface area contributed by atoms with Crippen LogP contribution in [0, 0.1) is 0 Å². The van der Waals surface area contributed by atoms with E-state index in [-0.39, 0.29) is 0 Å². The number of unbranched alkanes of at least 4 members (excludes halogenated alkanes) is 1. The zero-order chi connectivity index (χ0) is 19.1. The van der Waals surface area contributed by atoms with Crippen LogP contribution in [0.25, 0.3) is 15.8 Å². The van der Waals surface area contributed by atoms with E-state index in [1.807, 2.05) is 31.3 Å². The highest BCUT2D eigenvalue weighted by molar-refractivity contribution is 7.22. The predicted octanol–water partition coefficient (Wildman–Crippen LogP) is 6.92. The van der Waals surface area contributed by atoms with Crippen molar-refractivity contribution in [1.29, 1.82) is 0 Å². The van der Waals surface area contributed by atoms with E-state index in [0.29, 0.717) is 0 Å². The first-order valence-corrected chi connectivity index (χ1v) is 10.1. The predicted molar refractivity (Wildman–Crippen MR) is 119 cm³/mol. The summed E-state index contributed by atoms with van der Waals surface area (Å²) in [7, 11) is 0. The van der Waals surface area contributed by atoms with Crippen LogP contribution in [0.3, 0.4) is 0 Å². The lowest BCUT2D eigenvalue weighted by molar-refractivity contribution is 0.794. The van der Waals surface area contributed by atoms with Gasteiger partial charge in [0, 0.05) is 6.20 Å². The number of hydrogen-bond acceptors (Lipinski definition) is 4. The van der Waals surface area contributed by atoms with Crippen LogP contribution in [0.5, 0.6) is 0 Å². The van der Waals surface area contributed by atoms with Crippen LogP contribution in [-0.4, -0.2) is 9.97 Å². The fourth-order valence-corrected chi connectivity index (χ4v) is 3.81. The van der Waals surface area contributed by atoms with Gasteiger partial charge < -0.3 is 5.32 Å².